The van der Waals surface area contributed by atoms with Crippen molar-refractivity contribution in [2.75, 3.05) is 0 Å². The first kappa shape index (κ1) is 12.4. The van der Waals surface area contributed by atoms with Gasteiger partial charge in [0.2, 0.25) is 0 Å². The quantitative estimate of drug-likeness (QED) is 0.629. The maximum Gasteiger partial charge on any atom is 0.328 e. The van der Waals surface area contributed by atoms with E-state index >= 15 is 0 Å². The monoisotopic (exact) mass is 267 g/mol. The highest BCUT2D eigenvalue weighted by molar-refractivity contribution is 6.31. The molecule has 2 aromatic rings. The second-order valence-corrected chi connectivity index (χ2v) is 4.22. The van der Waals surface area contributed by atoms with Crippen LogP contribution < -0.4 is 5.69 Å². The van der Waals surface area contributed by atoms with Crippen LogP contribution in [-0.2, 0) is 13.6 Å². The second-order valence-electron chi connectivity index (χ2n) is 3.81. The van der Waals surface area contributed by atoms with Crippen molar-refractivity contribution in [2.45, 2.75) is 6.54 Å². The molecule has 0 aliphatic rings. The van der Waals surface area contributed by atoms with Crippen LogP contribution in [0.15, 0.2) is 35.4 Å². The Bertz CT molecular complexity index is 660. The fraction of sp³-hybridized carbons (Fsp3) is 0.182. The molecule has 0 atom stereocenters. The van der Waals surface area contributed by atoms with Gasteiger partial charge in [0, 0.05) is 25.5 Å². The first-order valence-corrected chi connectivity index (χ1v) is 5.52. The third-order valence-corrected chi connectivity index (χ3v) is 2.99. The molecule has 0 bridgehead atoms. The van der Waals surface area contributed by atoms with Gasteiger partial charge in [0.05, 0.1) is 22.1 Å². The summed E-state index contributed by atoms with van der Waals surface area (Å²) < 4.78 is 2.76. The van der Waals surface area contributed by atoms with Crippen molar-refractivity contribution in [1.82, 2.24) is 9.13 Å². The molecule has 0 fully saturated rings. The number of hydrogen-bond acceptors (Lipinski definition) is 3. The molecule has 6 nitrogen and oxygen atoms in total. The molecule has 0 unspecified atom stereocenters. The largest absolute Gasteiger partial charge is 0.328 e. The second kappa shape index (κ2) is 4.66. The van der Waals surface area contributed by atoms with E-state index in [0.29, 0.717) is 5.56 Å². The normalized spacial score (nSPS) is 10.6. The van der Waals surface area contributed by atoms with Crippen LogP contribution in [0.2, 0.25) is 5.02 Å². The molecule has 7 heteroatoms. The Hall–Kier alpha value is -2.08. The van der Waals surface area contributed by atoms with Gasteiger partial charge in [-0.25, -0.2) is 4.79 Å². The number of aromatic nitrogens is 2. The zero-order valence-corrected chi connectivity index (χ0v) is 10.3. The zero-order chi connectivity index (χ0) is 13.3. The third kappa shape index (κ3) is 2.14. The Morgan fingerprint density at radius 3 is 2.67 bits per heavy atom. The number of imidazole rings is 1. The van der Waals surface area contributed by atoms with Crippen molar-refractivity contribution in [2.24, 2.45) is 7.05 Å². The van der Waals surface area contributed by atoms with Gasteiger partial charge in [-0.2, -0.15) is 0 Å². The van der Waals surface area contributed by atoms with Gasteiger partial charge in [-0.15, -0.1) is 0 Å². The van der Waals surface area contributed by atoms with E-state index in [0.717, 1.165) is 0 Å². The highest BCUT2D eigenvalue weighted by atomic mass is 35.5. The average Bonchev–Trinajstić information content (AvgIpc) is 2.63. The molecule has 0 aliphatic carbocycles. The Kier molecular flexibility index (Phi) is 3.20. The predicted molar refractivity (Wildman–Crippen MR) is 66.9 cm³/mol. The van der Waals surface area contributed by atoms with Crippen LogP contribution in [-0.4, -0.2) is 14.1 Å². The van der Waals surface area contributed by atoms with Gasteiger partial charge in [0.25, 0.3) is 5.69 Å². The number of nitro benzene ring substituents is 1. The van der Waals surface area contributed by atoms with E-state index in [4.69, 9.17) is 11.6 Å². The van der Waals surface area contributed by atoms with Crippen molar-refractivity contribution in [3.05, 3.63) is 61.8 Å². The lowest BCUT2D eigenvalue weighted by Gasteiger charge is -2.05. The lowest BCUT2D eigenvalue weighted by molar-refractivity contribution is -0.385. The van der Waals surface area contributed by atoms with Gasteiger partial charge in [0.1, 0.15) is 0 Å². The summed E-state index contributed by atoms with van der Waals surface area (Å²) in [7, 11) is 1.61. The predicted octanol–water partition coefficient (Wildman–Crippen LogP) is 1.80. The summed E-state index contributed by atoms with van der Waals surface area (Å²) in [6.07, 6.45) is 3.15. The first-order chi connectivity index (χ1) is 8.50. The Morgan fingerprint density at radius 1 is 1.39 bits per heavy atom. The lowest BCUT2D eigenvalue weighted by atomic mass is 10.2. The molecule has 0 saturated heterocycles. The standard InChI is InChI=1S/C11H10ClN3O3/c1-13-5-6-14(11(13)16)7-8-9(12)3-2-4-10(8)15(17)18/h2-6H,7H2,1H3. The van der Waals surface area contributed by atoms with Gasteiger partial charge < -0.3 is 4.57 Å². The molecule has 1 aromatic heterocycles. The fourth-order valence-corrected chi connectivity index (χ4v) is 1.91. The number of nitro groups is 1. The number of nitrogens with zero attached hydrogens (tertiary/aromatic N) is 3. The van der Waals surface area contributed by atoms with Crippen LogP contribution >= 0.6 is 11.6 Å². The maximum atomic E-state index is 11.7. The molecule has 0 aliphatic heterocycles. The Balaban J connectivity index is 2.49. The van der Waals surface area contributed by atoms with Crippen LogP contribution in [0.1, 0.15) is 5.56 Å². The molecule has 0 saturated carbocycles. The minimum Gasteiger partial charge on any atom is -0.302 e. The summed E-state index contributed by atoms with van der Waals surface area (Å²) in [5, 5.41) is 11.2. The molecule has 0 radical (unpaired) electrons. The highest BCUT2D eigenvalue weighted by Gasteiger charge is 2.17. The number of aryl methyl sites for hydroxylation is 1. The van der Waals surface area contributed by atoms with Crippen molar-refractivity contribution < 1.29 is 4.92 Å². The molecule has 0 N–H and O–H groups in total. The summed E-state index contributed by atoms with van der Waals surface area (Å²) in [6, 6.07) is 4.45. The molecule has 18 heavy (non-hydrogen) atoms. The number of hydrogen-bond donors (Lipinski definition) is 0. The minimum atomic E-state index is -0.505. The van der Waals surface area contributed by atoms with Crippen LogP contribution in [0.3, 0.4) is 0 Å². The molecular formula is C11H10ClN3O3. The Labute approximate surface area is 107 Å². The van der Waals surface area contributed by atoms with Gasteiger partial charge in [-0.3, -0.25) is 14.7 Å². The molecule has 94 valence electrons. The van der Waals surface area contributed by atoms with E-state index in [9.17, 15) is 14.9 Å². The summed E-state index contributed by atoms with van der Waals surface area (Å²) >= 11 is 5.96. The fourth-order valence-electron chi connectivity index (χ4n) is 1.68. The zero-order valence-electron chi connectivity index (χ0n) is 9.54. The minimum absolute atomic E-state index is 0.0790. The number of halogens is 1. The van der Waals surface area contributed by atoms with Crippen molar-refractivity contribution in [1.29, 1.82) is 0 Å². The molecule has 2 rings (SSSR count). The van der Waals surface area contributed by atoms with Crippen molar-refractivity contribution in [3.63, 3.8) is 0 Å². The molecule has 1 aromatic carbocycles. The molecular weight excluding hydrogens is 258 g/mol. The summed E-state index contributed by atoms with van der Waals surface area (Å²) in [4.78, 5) is 22.1. The van der Waals surface area contributed by atoms with Crippen LogP contribution in [0, 0.1) is 10.1 Å². The van der Waals surface area contributed by atoms with Crippen molar-refractivity contribution >= 4 is 17.3 Å². The first-order valence-electron chi connectivity index (χ1n) is 5.14. The van der Waals surface area contributed by atoms with E-state index in [-0.39, 0.29) is 22.9 Å². The van der Waals surface area contributed by atoms with E-state index in [1.54, 1.807) is 25.5 Å². The average molecular weight is 268 g/mol. The van der Waals surface area contributed by atoms with E-state index in [1.165, 1.54) is 21.3 Å². The maximum absolute atomic E-state index is 11.7. The number of rotatable bonds is 3. The van der Waals surface area contributed by atoms with Crippen LogP contribution in [0.5, 0.6) is 0 Å². The third-order valence-electron chi connectivity index (χ3n) is 2.64. The van der Waals surface area contributed by atoms with Gasteiger partial charge in [-0.05, 0) is 6.07 Å². The summed E-state index contributed by atoms with van der Waals surface area (Å²) in [5.41, 5.74) is -0.0000579. The van der Waals surface area contributed by atoms with E-state index in [1.807, 2.05) is 0 Å². The lowest BCUT2D eigenvalue weighted by Crippen LogP contribution is -2.22. The van der Waals surface area contributed by atoms with Gasteiger partial charge in [0.15, 0.2) is 0 Å². The van der Waals surface area contributed by atoms with Crippen LogP contribution in [0.25, 0.3) is 0 Å². The van der Waals surface area contributed by atoms with E-state index in [2.05, 4.69) is 0 Å². The summed E-state index contributed by atoms with van der Waals surface area (Å²) in [6.45, 7) is 0.0790. The highest BCUT2D eigenvalue weighted by Crippen LogP contribution is 2.26. The summed E-state index contributed by atoms with van der Waals surface area (Å²) in [5.74, 6) is 0. The smallest absolute Gasteiger partial charge is 0.302 e. The van der Waals surface area contributed by atoms with Gasteiger partial charge in [-0.1, -0.05) is 17.7 Å². The SMILES string of the molecule is Cn1ccn(Cc2c(Cl)cccc2[N+](=O)[O-])c1=O. The molecule has 0 amide bonds. The molecule has 0 spiro atoms. The van der Waals surface area contributed by atoms with Crippen molar-refractivity contribution in [3.8, 4) is 0 Å². The topological polar surface area (TPSA) is 70.1 Å². The van der Waals surface area contributed by atoms with Crippen LogP contribution in [0.4, 0.5) is 5.69 Å². The Morgan fingerprint density at radius 2 is 2.11 bits per heavy atom. The van der Waals surface area contributed by atoms with Gasteiger partial charge >= 0.3 is 5.69 Å². The molecule has 1 heterocycles. The number of benzene rings is 1. The van der Waals surface area contributed by atoms with E-state index < -0.39 is 4.92 Å².